The van der Waals surface area contributed by atoms with E-state index in [9.17, 15) is 4.79 Å². The van der Waals surface area contributed by atoms with Crippen LogP contribution in [0.3, 0.4) is 0 Å². The molecule has 2 aromatic rings. The number of halogens is 1. The lowest BCUT2D eigenvalue weighted by Gasteiger charge is -2.09. The van der Waals surface area contributed by atoms with Crippen molar-refractivity contribution in [2.24, 2.45) is 5.92 Å². The van der Waals surface area contributed by atoms with Gasteiger partial charge in [-0.3, -0.25) is 4.79 Å². The molecule has 2 rings (SSSR count). The van der Waals surface area contributed by atoms with Crippen LogP contribution in [0.25, 0.3) is 10.9 Å². The molecular formula is C14H16INO. The molecule has 0 aliphatic rings. The van der Waals surface area contributed by atoms with Gasteiger partial charge in [-0.15, -0.1) is 0 Å². The van der Waals surface area contributed by atoms with Gasteiger partial charge in [0.2, 0.25) is 0 Å². The minimum absolute atomic E-state index is 0.119. The normalized spacial score (nSPS) is 11.4. The summed E-state index contributed by atoms with van der Waals surface area (Å²) in [5.74, 6) is 0.547. The van der Waals surface area contributed by atoms with Crippen molar-refractivity contribution in [1.29, 1.82) is 0 Å². The lowest BCUT2D eigenvalue weighted by atomic mass is 10.1. The monoisotopic (exact) mass is 341 g/mol. The quantitative estimate of drug-likeness (QED) is 0.832. The number of nitrogens with one attached hydrogen (secondary N) is 1. The Hall–Kier alpha value is -0.840. The maximum absolute atomic E-state index is 12.0. The Kier molecular flexibility index (Phi) is 3.56. The van der Waals surface area contributed by atoms with Crippen LogP contribution in [0.2, 0.25) is 0 Å². The Bertz CT molecular complexity index is 613. The van der Waals surface area contributed by atoms with E-state index in [1.54, 1.807) is 6.07 Å². The molecule has 3 heteroatoms. The fourth-order valence-electron chi connectivity index (χ4n) is 2.04. The number of H-pyrrole nitrogens is 1. The van der Waals surface area contributed by atoms with E-state index >= 15 is 0 Å². The second-order valence-corrected chi connectivity index (χ2v) is 6.01. The van der Waals surface area contributed by atoms with E-state index in [0.29, 0.717) is 5.92 Å². The van der Waals surface area contributed by atoms with E-state index in [4.69, 9.17) is 0 Å². The molecule has 0 fully saturated rings. The zero-order valence-electron chi connectivity index (χ0n) is 10.3. The summed E-state index contributed by atoms with van der Waals surface area (Å²) in [5.41, 5.74) is 3.29. The summed E-state index contributed by atoms with van der Waals surface area (Å²) in [4.78, 5) is 15.4. The molecule has 2 nitrogen and oxygen atoms in total. The van der Waals surface area contributed by atoms with E-state index < -0.39 is 0 Å². The third kappa shape index (κ3) is 2.54. The number of aromatic nitrogens is 1. The topological polar surface area (TPSA) is 32.9 Å². The lowest BCUT2D eigenvalue weighted by molar-refractivity contribution is 0.636. The lowest BCUT2D eigenvalue weighted by Crippen LogP contribution is -2.08. The number of pyridine rings is 1. The summed E-state index contributed by atoms with van der Waals surface area (Å²) < 4.78 is 1.19. The fourth-order valence-corrected chi connectivity index (χ4v) is 2.48. The first-order valence-corrected chi connectivity index (χ1v) is 6.88. The molecule has 0 spiro atoms. The van der Waals surface area contributed by atoms with Gasteiger partial charge in [0.1, 0.15) is 0 Å². The molecule has 0 amide bonds. The molecular weight excluding hydrogens is 325 g/mol. The Labute approximate surface area is 115 Å². The van der Waals surface area contributed by atoms with Gasteiger partial charge in [0.15, 0.2) is 5.43 Å². The molecule has 1 aromatic carbocycles. The Morgan fingerprint density at radius 1 is 1.35 bits per heavy atom. The largest absolute Gasteiger partial charge is 0.358 e. The number of rotatable bonds is 2. The van der Waals surface area contributed by atoms with Crippen molar-refractivity contribution in [3.05, 3.63) is 43.2 Å². The summed E-state index contributed by atoms with van der Waals surface area (Å²) in [5, 5.41) is 0.787. The van der Waals surface area contributed by atoms with Crippen LogP contribution in [0.5, 0.6) is 0 Å². The van der Waals surface area contributed by atoms with Crippen molar-refractivity contribution in [3.8, 4) is 0 Å². The number of fused-ring (bicyclic) bond motifs is 1. The molecule has 1 aromatic heterocycles. The van der Waals surface area contributed by atoms with Crippen molar-refractivity contribution < 1.29 is 0 Å². The third-order valence-electron chi connectivity index (χ3n) is 2.88. The zero-order chi connectivity index (χ0) is 12.6. The summed E-state index contributed by atoms with van der Waals surface area (Å²) in [6.45, 7) is 6.37. The Balaban J connectivity index is 2.70. The highest BCUT2D eigenvalue weighted by atomic mass is 127. The van der Waals surface area contributed by atoms with Gasteiger partial charge in [-0.25, -0.2) is 0 Å². The summed E-state index contributed by atoms with van der Waals surface area (Å²) in [6.07, 6.45) is 0.913. The molecule has 17 heavy (non-hydrogen) atoms. The molecule has 0 unspecified atom stereocenters. The fraction of sp³-hybridized carbons (Fsp3) is 0.357. The molecule has 0 aliphatic carbocycles. The second kappa shape index (κ2) is 4.80. The Morgan fingerprint density at radius 3 is 2.71 bits per heavy atom. The third-order valence-corrected chi connectivity index (χ3v) is 4.05. The van der Waals surface area contributed by atoms with E-state index in [0.717, 1.165) is 28.6 Å². The molecule has 0 saturated heterocycles. The average Bonchev–Trinajstić information content (AvgIpc) is 2.23. The van der Waals surface area contributed by atoms with Crippen LogP contribution in [0.4, 0.5) is 0 Å². The van der Waals surface area contributed by atoms with Crippen molar-refractivity contribution in [2.45, 2.75) is 27.2 Å². The van der Waals surface area contributed by atoms with Crippen LogP contribution < -0.4 is 5.43 Å². The zero-order valence-corrected chi connectivity index (χ0v) is 12.5. The summed E-state index contributed by atoms with van der Waals surface area (Å²) >= 11 is 2.30. The molecule has 0 bridgehead atoms. The van der Waals surface area contributed by atoms with Crippen molar-refractivity contribution >= 4 is 33.5 Å². The first-order valence-electron chi connectivity index (χ1n) is 5.80. The van der Waals surface area contributed by atoms with Crippen molar-refractivity contribution in [3.63, 3.8) is 0 Å². The SMILES string of the molecule is Cc1c(I)ccc2c(=O)cc(CC(C)C)[nH]c12. The van der Waals surface area contributed by atoms with Gasteiger partial charge in [-0.2, -0.15) is 0 Å². The summed E-state index contributed by atoms with van der Waals surface area (Å²) in [7, 11) is 0. The Morgan fingerprint density at radius 2 is 2.06 bits per heavy atom. The molecule has 0 radical (unpaired) electrons. The van der Waals surface area contributed by atoms with Crippen LogP contribution >= 0.6 is 22.6 Å². The van der Waals surface area contributed by atoms with Crippen LogP contribution in [0, 0.1) is 16.4 Å². The number of aryl methyl sites for hydroxylation is 1. The van der Waals surface area contributed by atoms with Crippen molar-refractivity contribution in [2.75, 3.05) is 0 Å². The first kappa shape index (κ1) is 12.6. The standard InChI is InChI=1S/C14H16INO/c1-8(2)6-10-7-13(17)11-4-5-12(15)9(3)14(11)16-10/h4-5,7-8H,6H2,1-3H3,(H,16,17). The predicted molar refractivity (Wildman–Crippen MR) is 80.6 cm³/mol. The molecule has 90 valence electrons. The van der Waals surface area contributed by atoms with E-state index in [1.807, 2.05) is 12.1 Å². The van der Waals surface area contributed by atoms with Gasteiger partial charge in [0, 0.05) is 20.7 Å². The van der Waals surface area contributed by atoms with Gasteiger partial charge in [-0.1, -0.05) is 13.8 Å². The highest BCUT2D eigenvalue weighted by molar-refractivity contribution is 14.1. The summed E-state index contributed by atoms with van der Waals surface area (Å²) in [6, 6.07) is 5.63. The highest BCUT2D eigenvalue weighted by Crippen LogP contribution is 2.20. The first-order chi connectivity index (χ1) is 7.99. The van der Waals surface area contributed by atoms with Crippen LogP contribution in [0.15, 0.2) is 23.0 Å². The minimum atomic E-state index is 0.119. The molecule has 0 atom stereocenters. The maximum atomic E-state index is 12.0. The van der Waals surface area contributed by atoms with Gasteiger partial charge in [0.25, 0.3) is 0 Å². The molecule has 1 heterocycles. The van der Waals surface area contributed by atoms with E-state index in [2.05, 4.69) is 48.3 Å². The number of hydrogen-bond donors (Lipinski definition) is 1. The smallest absolute Gasteiger partial charge is 0.189 e. The van der Waals surface area contributed by atoms with Crippen molar-refractivity contribution in [1.82, 2.24) is 4.98 Å². The maximum Gasteiger partial charge on any atom is 0.189 e. The van der Waals surface area contributed by atoms with Gasteiger partial charge < -0.3 is 4.98 Å². The van der Waals surface area contributed by atoms with E-state index in [1.165, 1.54) is 3.57 Å². The van der Waals surface area contributed by atoms with Crippen LogP contribution in [-0.2, 0) is 6.42 Å². The average molecular weight is 341 g/mol. The number of benzene rings is 1. The van der Waals surface area contributed by atoms with Gasteiger partial charge >= 0.3 is 0 Å². The molecule has 1 N–H and O–H groups in total. The molecule has 0 aliphatic heterocycles. The molecule has 0 saturated carbocycles. The second-order valence-electron chi connectivity index (χ2n) is 4.85. The van der Waals surface area contributed by atoms with Crippen LogP contribution in [-0.4, -0.2) is 4.98 Å². The van der Waals surface area contributed by atoms with E-state index in [-0.39, 0.29) is 5.43 Å². The predicted octanol–water partition coefficient (Wildman–Crippen LogP) is 3.64. The number of hydrogen-bond acceptors (Lipinski definition) is 1. The van der Waals surface area contributed by atoms with Gasteiger partial charge in [0.05, 0.1) is 5.52 Å². The minimum Gasteiger partial charge on any atom is -0.358 e. The van der Waals surface area contributed by atoms with Crippen LogP contribution in [0.1, 0.15) is 25.1 Å². The van der Waals surface area contributed by atoms with Gasteiger partial charge in [-0.05, 0) is 59.5 Å². The number of aromatic amines is 1. The highest BCUT2D eigenvalue weighted by Gasteiger charge is 2.07.